The van der Waals surface area contributed by atoms with Crippen molar-refractivity contribution >= 4 is 56.6 Å². The predicted octanol–water partition coefficient (Wildman–Crippen LogP) is 3.18. The first kappa shape index (κ1) is 20.1. The molecule has 7 nitrogen and oxygen atoms in total. The Bertz CT molecular complexity index is 1070. The van der Waals surface area contributed by atoms with Crippen LogP contribution >= 0.6 is 23.4 Å². The largest absolute Gasteiger partial charge is 0.341 e. The summed E-state index contributed by atoms with van der Waals surface area (Å²) in [4.78, 5) is 27.5. The molecule has 1 saturated heterocycles. The van der Waals surface area contributed by atoms with Crippen LogP contribution in [-0.2, 0) is 19.6 Å². The molecule has 2 aliphatic heterocycles. The van der Waals surface area contributed by atoms with Crippen LogP contribution in [0.3, 0.4) is 0 Å². The highest BCUT2D eigenvalue weighted by Crippen LogP contribution is 2.38. The highest BCUT2D eigenvalue weighted by atomic mass is 35.5. The minimum absolute atomic E-state index is 0.0106. The first-order valence-corrected chi connectivity index (χ1v) is 11.8. The van der Waals surface area contributed by atoms with Crippen molar-refractivity contribution in [3.63, 3.8) is 0 Å². The second-order valence-electron chi connectivity index (χ2n) is 6.79. The molecule has 2 N–H and O–H groups in total. The lowest BCUT2D eigenvalue weighted by Gasteiger charge is -2.27. The Kier molecular flexibility index (Phi) is 5.46. The first-order valence-electron chi connectivity index (χ1n) is 9.02. The average molecular weight is 452 g/mol. The number of nitrogens with one attached hydrogen (secondary N) is 2. The number of amides is 2. The monoisotopic (exact) mass is 451 g/mol. The number of likely N-dealkylation sites (tertiary alicyclic amines) is 1. The molecule has 2 heterocycles. The van der Waals surface area contributed by atoms with E-state index in [0.29, 0.717) is 34.4 Å². The number of anilines is 2. The number of fused-ring (bicyclic) bond motifs is 1. The van der Waals surface area contributed by atoms with Gasteiger partial charge < -0.3 is 10.2 Å². The molecule has 2 aromatic rings. The van der Waals surface area contributed by atoms with Crippen molar-refractivity contribution in [2.45, 2.75) is 27.9 Å². The molecule has 0 aromatic heterocycles. The lowest BCUT2D eigenvalue weighted by molar-refractivity contribution is -0.133. The van der Waals surface area contributed by atoms with E-state index in [9.17, 15) is 18.0 Å². The molecule has 4 rings (SSSR count). The standard InChI is InChI=1S/C19H18ClN3O4S2/c20-12-3-5-13(6-4-12)22-29(26,27)14-7-8-16-15(11-14)21-18(24)17(28-16)19(25)23-9-1-2-10-23/h3-8,11,17,22H,1-2,9-10H2,(H,21,24)/t17-/m0/s1. The van der Waals surface area contributed by atoms with Crippen LogP contribution in [0.5, 0.6) is 0 Å². The summed E-state index contributed by atoms with van der Waals surface area (Å²) in [6.45, 7) is 1.34. The van der Waals surface area contributed by atoms with E-state index in [4.69, 9.17) is 11.6 Å². The van der Waals surface area contributed by atoms with Gasteiger partial charge in [-0.25, -0.2) is 8.42 Å². The lowest BCUT2D eigenvalue weighted by atomic mass is 10.2. The van der Waals surface area contributed by atoms with Crippen molar-refractivity contribution in [2.24, 2.45) is 0 Å². The van der Waals surface area contributed by atoms with Crippen LogP contribution in [-0.4, -0.2) is 43.5 Å². The van der Waals surface area contributed by atoms with Crippen molar-refractivity contribution in [2.75, 3.05) is 23.1 Å². The number of sulfonamides is 1. The Labute approximate surface area is 177 Å². The highest BCUT2D eigenvalue weighted by molar-refractivity contribution is 8.01. The molecule has 2 aromatic carbocycles. The second kappa shape index (κ2) is 7.89. The third-order valence-corrected chi connectivity index (χ3v) is 7.63. The Hall–Kier alpha value is -2.23. The van der Waals surface area contributed by atoms with Gasteiger partial charge in [0.2, 0.25) is 11.8 Å². The molecule has 2 aliphatic rings. The summed E-state index contributed by atoms with van der Waals surface area (Å²) in [6, 6.07) is 10.8. The Morgan fingerprint density at radius 2 is 1.83 bits per heavy atom. The number of hydrogen-bond donors (Lipinski definition) is 2. The minimum Gasteiger partial charge on any atom is -0.341 e. The fourth-order valence-corrected chi connectivity index (χ4v) is 5.52. The van der Waals surface area contributed by atoms with Crippen LogP contribution in [0.25, 0.3) is 0 Å². The highest BCUT2D eigenvalue weighted by Gasteiger charge is 2.37. The SMILES string of the molecule is O=C1Nc2cc(S(=O)(=O)Nc3ccc(Cl)cc3)ccc2S[C@@H]1C(=O)N1CCCC1. The van der Waals surface area contributed by atoms with Crippen LogP contribution in [0.15, 0.2) is 52.3 Å². The van der Waals surface area contributed by atoms with Crippen LogP contribution in [0.1, 0.15) is 12.8 Å². The van der Waals surface area contributed by atoms with E-state index in [1.165, 1.54) is 12.1 Å². The lowest BCUT2D eigenvalue weighted by Crippen LogP contribution is -2.43. The molecular formula is C19H18ClN3O4S2. The van der Waals surface area contributed by atoms with Gasteiger partial charge in [-0.2, -0.15) is 0 Å². The number of halogens is 1. The maximum Gasteiger partial charge on any atom is 0.261 e. The topological polar surface area (TPSA) is 95.6 Å². The zero-order valence-corrected chi connectivity index (χ0v) is 17.6. The van der Waals surface area contributed by atoms with Gasteiger partial charge in [0.05, 0.1) is 10.6 Å². The first-order chi connectivity index (χ1) is 13.8. The normalized spacial score (nSPS) is 18.9. The van der Waals surface area contributed by atoms with Gasteiger partial charge in [0.1, 0.15) is 0 Å². The third-order valence-electron chi connectivity index (χ3n) is 4.74. The second-order valence-corrected chi connectivity index (χ2v) is 10.1. The van der Waals surface area contributed by atoms with E-state index in [-0.39, 0.29) is 10.8 Å². The van der Waals surface area contributed by atoms with Crippen LogP contribution in [0.4, 0.5) is 11.4 Å². The Morgan fingerprint density at radius 3 is 2.52 bits per heavy atom. The van der Waals surface area contributed by atoms with Gasteiger partial charge in [-0.15, -0.1) is 11.8 Å². The Morgan fingerprint density at radius 1 is 1.14 bits per heavy atom. The van der Waals surface area contributed by atoms with E-state index < -0.39 is 21.2 Å². The number of rotatable bonds is 4. The molecule has 2 amide bonds. The number of nitrogens with zero attached hydrogens (tertiary/aromatic N) is 1. The number of thioether (sulfide) groups is 1. The van der Waals surface area contributed by atoms with Gasteiger partial charge in [-0.05, 0) is 55.3 Å². The molecule has 152 valence electrons. The van der Waals surface area contributed by atoms with E-state index in [0.717, 1.165) is 24.6 Å². The van der Waals surface area contributed by atoms with Gasteiger partial charge in [0, 0.05) is 28.7 Å². The van der Waals surface area contributed by atoms with Crippen molar-refractivity contribution < 1.29 is 18.0 Å². The number of carbonyl (C=O) groups excluding carboxylic acids is 2. The molecule has 10 heteroatoms. The molecule has 0 bridgehead atoms. The molecule has 1 atom stereocenters. The molecule has 0 unspecified atom stereocenters. The van der Waals surface area contributed by atoms with Crippen molar-refractivity contribution in [3.05, 3.63) is 47.5 Å². The summed E-state index contributed by atoms with van der Waals surface area (Å²) < 4.78 is 27.8. The molecule has 0 spiro atoms. The van der Waals surface area contributed by atoms with Crippen LogP contribution < -0.4 is 10.0 Å². The zero-order chi connectivity index (χ0) is 20.6. The van der Waals surface area contributed by atoms with Gasteiger partial charge in [-0.3, -0.25) is 14.3 Å². The van der Waals surface area contributed by atoms with Gasteiger partial charge in [0.25, 0.3) is 10.0 Å². The maximum atomic E-state index is 12.7. The smallest absolute Gasteiger partial charge is 0.261 e. The van der Waals surface area contributed by atoms with Crippen LogP contribution in [0, 0.1) is 0 Å². The van der Waals surface area contributed by atoms with Crippen molar-refractivity contribution in [1.82, 2.24) is 4.90 Å². The van der Waals surface area contributed by atoms with E-state index in [1.54, 1.807) is 35.2 Å². The average Bonchev–Trinajstić information content (AvgIpc) is 3.23. The quantitative estimate of drug-likeness (QED) is 0.696. The molecule has 0 radical (unpaired) electrons. The Balaban J connectivity index is 1.55. The van der Waals surface area contributed by atoms with Gasteiger partial charge in [-0.1, -0.05) is 11.6 Å². The molecule has 0 saturated carbocycles. The van der Waals surface area contributed by atoms with Crippen molar-refractivity contribution in [1.29, 1.82) is 0 Å². The van der Waals surface area contributed by atoms with Crippen LogP contribution in [0.2, 0.25) is 5.02 Å². The molecule has 1 fully saturated rings. The number of carbonyl (C=O) groups is 2. The summed E-state index contributed by atoms with van der Waals surface area (Å²) >= 11 is 6.97. The predicted molar refractivity (Wildman–Crippen MR) is 113 cm³/mol. The van der Waals surface area contributed by atoms with Gasteiger partial charge >= 0.3 is 0 Å². The summed E-state index contributed by atoms with van der Waals surface area (Å²) in [6.07, 6.45) is 1.90. The van der Waals surface area contributed by atoms with Gasteiger partial charge in [0.15, 0.2) is 5.25 Å². The fourth-order valence-electron chi connectivity index (χ4n) is 3.25. The maximum absolute atomic E-state index is 12.7. The summed E-state index contributed by atoms with van der Waals surface area (Å²) in [5, 5.41) is 2.33. The minimum atomic E-state index is -3.85. The summed E-state index contributed by atoms with van der Waals surface area (Å²) in [7, 11) is -3.85. The summed E-state index contributed by atoms with van der Waals surface area (Å²) in [5.41, 5.74) is 0.756. The fraction of sp³-hybridized carbons (Fsp3) is 0.263. The summed E-state index contributed by atoms with van der Waals surface area (Å²) in [5.74, 6) is -0.628. The van der Waals surface area contributed by atoms with E-state index in [2.05, 4.69) is 10.0 Å². The van der Waals surface area contributed by atoms with E-state index in [1.807, 2.05) is 0 Å². The van der Waals surface area contributed by atoms with Crippen molar-refractivity contribution in [3.8, 4) is 0 Å². The number of benzene rings is 2. The molecule has 29 heavy (non-hydrogen) atoms. The third kappa shape index (κ3) is 4.22. The number of hydrogen-bond acceptors (Lipinski definition) is 5. The molecular weight excluding hydrogens is 434 g/mol. The molecule has 0 aliphatic carbocycles. The zero-order valence-electron chi connectivity index (χ0n) is 15.2. The van der Waals surface area contributed by atoms with E-state index >= 15 is 0 Å².